The fourth-order valence-corrected chi connectivity index (χ4v) is 3.38. The second-order valence-corrected chi connectivity index (χ2v) is 6.08. The average Bonchev–Trinajstić information content (AvgIpc) is 2.83. The third kappa shape index (κ3) is 2.70. The lowest BCUT2D eigenvalue weighted by atomic mass is 10.0. The van der Waals surface area contributed by atoms with Gasteiger partial charge in [-0.05, 0) is 30.4 Å². The van der Waals surface area contributed by atoms with Gasteiger partial charge >= 0.3 is 12.0 Å². The highest BCUT2D eigenvalue weighted by Gasteiger charge is 2.37. The Morgan fingerprint density at radius 1 is 1.60 bits per heavy atom. The van der Waals surface area contributed by atoms with Crippen molar-refractivity contribution in [2.24, 2.45) is 0 Å². The summed E-state index contributed by atoms with van der Waals surface area (Å²) in [6.07, 6.45) is 0.712. The third-order valence-corrected chi connectivity index (χ3v) is 4.28. The maximum absolute atomic E-state index is 12.4. The summed E-state index contributed by atoms with van der Waals surface area (Å²) < 4.78 is 0. The molecule has 0 aromatic carbocycles. The molecule has 108 valence electrons. The zero-order valence-electron chi connectivity index (χ0n) is 11.6. The highest BCUT2D eigenvalue weighted by Crippen LogP contribution is 2.33. The average molecular weight is 294 g/mol. The molecule has 0 fully saturated rings. The zero-order chi connectivity index (χ0) is 14.9. The van der Waals surface area contributed by atoms with Crippen molar-refractivity contribution in [2.45, 2.75) is 19.4 Å². The number of nitrogens with zero attached hydrogens (tertiary/aromatic N) is 2. The number of amides is 2. The summed E-state index contributed by atoms with van der Waals surface area (Å²) in [6.45, 7) is 6.48. The number of rotatable bonds is 3. The highest BCUT2D eigenvalue weighted by molar-refractivity contribution is 7.10. The van der Waals surface area contributed by atoms with E-state index >= 15 is 0 Å². The van der Waals surface area contributed by atoms with Crippen LogP contribution in [-0.4, -0.2) is 47.0 Å². The molecule has 2 amide bonds. The van der Waals surface area contributed by atoms with E-state index in [9.17, 15) is 14.7 Å². The number of carboxylic acid groups (broad SMARTS) is 1. The third-order valence-electron chi connectivity index (χ3n) is 3.28. The number of urea groups is 1. The first-order valence-electron chi connectivity index (χ1n) is 6.37. The maximum Gasteiger partial charge on any atom is 0.331 e. The van der Waals surface area contributed by atoms with Gasteiger partial charge in [0.15, 0.2) is 6.04 Å². The minimum Gasteiger partial charge on any atom is -0.479 e. The summed E-state index contributed by atoms with van der Waals surface area (Å²) in [5.74, 6) is -0.985. The van der Waals surface area contributed by atoms with E-state index in [1.165, 1.54) is 9.80 Å². The fraction of sp³-hybridized carbons (Fsp3) is 0.429. The molecule has 1 atom stereocenters. The topological polar surface area (TPSA) is 60.9 Å². The van der Waals surface area contributed by atoms with Crippen molar-refractivity contribution in [1.29, 1.82) is 0 Å². The van der Waals surface area contributed by atoms with Gasteiger partial charge in [0.1, 0.15) is 0 Å². The number of aliphatic carboxylic acids is 1. The van der Waals surface area contributed by atoms with E-state index in [1.54, 1.807) is 24.5 Å². The predicted molar refractivity (Wildman–Crippen MR) is 77.9 cm³/mol. The van der Waals surface area contributed by atoms with Gasteiger partial charge in [-0.15, -0.1) is 11.3 Å². The summed E-state index contributed by atoms with van der Waals surface area (Å²) in [4.78, 5) is 28.0. The molecule has 1 aliphatic heterocycles. The molecule has 0 saturated heterocycles. The van der Waals surface area contributed by atoms with E-state index in [4.69, 9.17) is 0 Å². The Morgan fingerprint density at radius 3 is 2.90 bits per heavy atom. The summed E-state index contributed by atoms with van der Waals surface area (Å²) in [6, 6.07) is 0.652. The van der Waals surface area contributed by atoms with Gasteiger partial charge in [-0.3, -0.25) is 0 Å². The number of hydrogen-bond acceptors (Lipinski definition) is 3. The largest absolute Gasteiger partial charge is 0.479 e. The summed E-state index contributed by atoms with van der Waals surface area (Å²) in [5, 5.41) is 11.3. The van der Waals surface area contributed by atoms with Crippen LogP contribution in [0.25, 0.3) is 0 Å². The molecule has 6 heteroatoms. The van der Waals surface area contributed by atoms with Crippen molar-refractivity contribution in [3.05, 3.63) is 34.0 Å². The van der Waals surface area contributed by atoms with Gasteiger partial charge in [0.25, 0.3) is 0 Å². The minimum atomic E-state index is -0.985. The first-order chi connectivity index (χ1) is 9.41. The smallest absolute Gasteiger partial charge is 0.331 e. The van der Waals surface area contributed by atoms with E-state index < -0.39 is 12.0 Å². The Hall–Kier alpha value is -1.82. The molecule has 1 aromatic rings. The van der Waals surface area contributed by atoms with E-state index in [0.29, 0.717) is 19.5 Å². The van der Waals surface area contributed by atoms with Crippen LogP contribution in [0.4, 0.5) is 4.79 Å². The molecule has 1 aromatic heterocycles. The molecular weight excluding hydrogens is 276 g/mol. The summed E-state index contributed by atoms with van der Waals surface area (Å²) >= 11 is 1.55. The Labute approximate surface area is 122 Å². The van der Waals surface area contributed by atoms with Gasteiger partial charge in [0.05, 0.1) is 0 Å². The lowest BCUT2D eigenvalue weighted by Crippen LogP contribution is -2.48. The molecule has 20 heavy (non-hydrogen) atoms. The molecule has 1 N–H and O–H groups in total. The van der Waals surface area contributed by atoms with Crippen LogP contribution < -0.4 is 0 Å². The molecule has 0 radical (unpaired) electrons. The number of fused-ring (bicyclic) bond motifs is 1. The van der Waals surface area contributed by atoms with Crippen molar-refractivity contribution in [1.82, 2.24) is 9.80 Å². The molecule has 0 aliphatic carbocycles. The lowest BCUT2D eigenvalue weighted by molar-refractivity contribution is -0.143. The SMILES string of the molecule is C=C(C)CN(C)C(=O)N1CCc2sccc2C1C(=O)O. The van der Waals surface area contributed by atoms with Crippen LogP contribution in [0.1, 0.15) is 23.4 Å². The van der Waals surface area contributed by atoms with E-state index in [1.807, 2.05) is 12.3 Å². The predicted octanol–water partition coefficient (Wildman–Crippen LogP) is 2.36. The lowest BCUT2D eigenvalue weighted by Gasteiger charge is -2.35. The van der Waals surface area contributed by atoms with E-state index in [2.05, 4.69) is 6.58 Å². The second-order valence-electron chi connectivity index (χ2n) is 5.08. The number of carbonyl (C=O) groups excluding carboxylic acids is 1. The Kier molecular flexibility index (Phi) is 4.13. The molecule has 2 heterocycles. The zero-order valence-corrected chi connectivity index (χ0v) is 12.4. The number of carbonyl (C=O) groups is 2. The van der Waals surface area contributed by atoms with Gasteiger partial charge in [0, 0.05) is 25.0 Å². The molecular formula is C14H18N2O3S. The number of carboxylic acids is 1. The number of hydrogen-bond donors (Lipinski definition) is 1. The van der Waals surface area contributed by atoms with Crippen molar-refractivity contribution < 1.29 is 14.7 Å². The van der Waals surface area contributed by atoms with Crippen LogP contribution in [0.3, 0.4) is 0 Å². The molecule has 1 unspecified atom stereocenters. The first-order valence-corrected chi connectivity index (χ1v) is 7.25. The number of thiophene rings is 1. The first kappa shape index (κ1) is 14.6. The molecule has 1 aliphatic rings. The van der Waals surface area contributed by atoms with Crippen LogP contribution in [0.2, 0.25) is 0 Å². The fourth-order valence-electron chi connectivity index (χ4n) is 2.48. The molecule has 5 nitrogen and oxygen atoms in total. The van der Waals surface area contributed by atoms with Crippen molar-refractivity contribution >= 4 is 23.3 Å². The van der Waals surface area contributed by atoms with E-state index in [0.717, 1.165) is 16.0 Å². The monoisotopic (exact) mass is 294 g/mol. The van der Waals surface area contributed by atoms with Crippen molar-refractivity contribution in [3.63, 3.8) is 0 Å². The second kappa shape index (κ2) is 5.66. The Balaban J connectivity index is 2.25. The molecule has 0 saturated carbocycles. The van der Waals surface area contributed by atoms with Gasteiger partial charge in [0.2, 0.25) is 0 Å². The Bertz CT molecular complexity index is 552. The van der Waals surface area contributed by atoms with Crippen LogP contribution >= 0.6 is 11.3 Å². The van der Waals surface area contributed by atoms with Crippen molar-refractivity contribution in [2.75, 3.05) is 20.1 Å². The molecule has 0 bridgehead atoms. The van der Waals surface area contributed by atoms with Gasteiger partial charge in [-0.1, -0.05) is 12.2 Å². The summed E-state index contributed by atoms with van der Waals surface area (Å²) in [5.41, 5.74) is 1.60. The van der Waals surface area contributed by atoms with Gasteiger partial charge < -0.3 is 14.9 Å². The van der Waals surface area contributed by atoms with Crippen LogP contribution in [-0.2, 0) is 11.2 Å². The van der Waals surface area contributed by atoms with E-state index in [-0.39, 0.29) is 6.03 Å². The molecule has 0 spiro atoms. The van der Waals surface area contributed by atoms with Gasteiger partial charge in [-0.2, -0.15) is 0 Å². The quantitative estimate of drug-likeness (QED) is 0.871. The van der Waals surface area contributed by atoms with Crippen LogP contribution in [0, 0.1) is 0 Å². The Morgan fingerprint density at radius 2 is 2.30 bits per heavy atom. The summed E-state index contributed by atoms with van der Waals surface area (Å²) in [7, 11) is 1.67. The van der Waals surface area contributed by atoms with Crippen molar-refractivity contribution in [3.8, 4) is 0 Å². The maximum atomic E-state index is 12.4. The number of likely N-dealkylation sites (N-methyl/N-ethyl adjacent to an activating group) is 1. The molecule has 2 rings (SSSR count). The standard InChI is InChI=1S/C14H18N2O3S/c1-9(2)8-15(3)14(19)16-6-4-11-10(5-7-20-11)12(16)13(17)18/h5,7,12H,1,4,6,8H2,2-3H3,(H,17,18). The minimum absolute atomic E-state index is 0.266. The van der Waals surface area contributed by atoms with Crippen LogP contribution in [0.15, 0.2) is 23.6 Å². The van der Waals surface area contributed by atoms with Crippen LogP contribution in [0.5, 0.6) is 0 Å². The normalized spacial score (nSPS) is 17.5. The highest BCUT2D eigenvalue weighted by atomic mass is 32.1. The van der Waals surface area contributed by atoms with Gasteiger partial charge in [-0.25, -0.2) is 9.59 Å².